The van der Waals surface area contributed by atoms with Gasteiger partial charge in [0.15, 0.2) is 0 Å². The summed E-state index contributed by atoms with van der Waals surface area (Å²) in [5.74, 6) is 0.463. The van der Waals surface area contributed by atoms with E-state index in [2.05, 4.69) is 62.9 Å². The van der Waals surface area contributed by atoms with E-state index in [0.717, 1.165) is 71.4 Å². The summed E-state index contributed by atoms with van der Waals surface area (Å²) in [4.78, 5) is 32.2. The molecule has 2 aromatic rings. The van der Waals surface area contributed by atoms with Gasteiger partial charge in [-0.15, -0.1) is 0 Å². The number of fused-ring (bicyclic) bond motifs is 1. The first-order valence-corrected chi connectivity index (χ1v) is 13.0. The Morgan fingerprint density at radius 2 is 1.88 bits per heavy atom. The molecule has 0 radical (unpaired) electrons. The maximum absolute atomic E-state index is 12.7. The topological polar surface area (TPSA) is 80.5 Å². The summed E-state index contributed by atoms with van der Waals surface area (Å²) in [6.45, 7) is 7.97. The van der Waals surface area contributed by atoms with Crippen molar-refractivity contribution in [1.82, 2.24) is 25.4 Å². The van der Waals surface area contributed by atoms with Crippen LogP contribution in [-0.4, -0.2) is 85.4 Å². The van der Waals surface area contributed by atoms with E-state index in [1.807, 2.05) is 6.92 Å². The monoisotopic (exact) mass is 469 g/mol. The summed E-state index contributed by atoms with van der Waals surface area (Å²) in [5.41, 5.74) is 2.49. The van der Waals surface area contributed by atoms with Crippen molar-refractivity contribution >= 4 is 22.6 Å². The number of carbonyl (C=O) groups excluding carboxylic acids is 2. The lowest BCUT2D eigenvalue weighted by Crippen LogP contribution is -2.50. The third-order valence-electron chi connectivity index (χ3n) is 6.87. The smallest absolute Gasteiger partial charge is 0.234 e. The average Bonchev–Trinajstić information content (AvgIpc) is 3.25. The third-order valence-corrected chi connectivity index (χ3v) is 6.87. The highest BCUT2D eigenvalue weighted by Crippen LogP contribution is 2.17. The fraction of sp³-hybridized carbons (Fsp3) is 0.630. The van der Waals surface area contributed by atoms with Crippen LogP contribution in [0, 0.1) is 0 Å². The number of Topliss-reactive ketones (excluding diaryl/α,β-unsaturated/α-hetero) is 1. The van der Waals surface area contributed by atoms with Crippen molar-refractivity contribution in [1.29, 1.82) is 0 Å². The van der Waals surface area contributed by atoms with Gasteiger partial charge >= 0.3 is 0 Å². The lowest BCUT2D eigenvalue weighted by atomic mass is 10.0. The Kier molecular flexibility index (Phi) is 11.1. The van der Waals surface area contributed by atoms with Crippen molar-refractivity contribution in [3.63, 3.8) is 0 Å². The number of para-hydroxylation sites is 1. The van der Waals surface area contributed by atoms with Crippen LogP contribution in [0.15, 0.2) is 30.5 Å². The van der Waals surface area contributed by atoms with E-state index in [0.29, 0.717) is 25.2 Å². The molecule has 1 atom stereocenters. The summed E-state index contributed by atoms with van der Waals surface area (Å²) in [5, 5.41) is 8.13. The molecule has 7 nitrogen and oxygen atoms in total. The Labute approximate surface area is 204 Å². The predicted octanol–water partition coefficient (Wildman–Crippen LogP) is 2.96. The van der Waals surface area contributed by atoms with Crippen LogP contribution in [0.5, 0.6) is 0 Å². The number of nitrogens with one attached hydrogen (secondary N) is 3. The summed E-state index contributed by atoms with van der Waals surface area (Å²) in [6.07, 6.45) is 8.31. The normalized spacial score (nSPS) is 16.1. The maximum atomic E-state index is 12.7. The van der Waals surface area contributed by atoms with Crippen molar-refractivity contribution in [2.45, 2.75) is 57.9 Å². The molecule has 0 aliphatic carbocycles. The zero-order valence-electron chi connectivity index (χ0n) is 21.1. The largest absolute Gasteiger partial charge is 0.361 e. The van der Waals surface area contributed by atoms with Gasteiger partial charge in [-0.3, -0.25) is 14.5 Å². The zero-order chi connectivity index (χ0) is 24.2. The molecule has 0 spiro atoms. The molecule has 1 unspecified atom stereocenters. The van der Waals surface area contributed by atoms with Gasteiger partial charge in [0.1, 0.15) is 5.78 Å². The van der Waals surface area contributed by atoms with E-state index < -0.39 is 0 Å². The van der Waals surface area contributed by atoms with Crippen LogP contribution in [0.2, 0.25) is 0 Å². The molecule has 1 aliphatic heterocycles. The van der Waals surface area contributed by atoms with Gasteiger partial charge in [-0.05, 0) is 44.5 Å². The molecule has 3 rings (SSSR count). The molecular formula is C27H43N5O2. The van der Waals surface area contributed by atoms with Crippen molar-refractivity contribution < 1.29 is 9.59 Å². The van der Waals surface area contributed by atoms with Gasteiger partial charge in [0.2, 0.25) is 5.91 Å². The SMILES string of the molecule is CCC(=O)CCCCCC(CNCCc1c[nH]c2ccccc12)NC(=O)CN1CCN(C)CC1. The lowest BCUT2D eigenvalue weighted by molar-refractivity contribution is -0.123. The van der Waals surface area contributed by atoms with E-state index in [4.69, 9.17) is 0 Å². The Balaban J connectivity index is 1.43. The molecule has 0 saturated carbocycles. The Hall–Kier alpha value is -2.22. The minimum absolute atomic E-state index is 0.116. The second-order valence-electron chi connectivity index (χ2n) is 9.65. The van der Waals surface area contributed by atoms with Gasteiger partial charge in [-0.25, -0.2) is 0 Å². The molecule has 0 bridgehead atoms. The van der Waals surface area contributed by atoms with E-state index in [1.165, 1.54) is 16.5 Å². The Morgan fingerprint density at radius 1 is 1.09 bits per heavy atom. The lowest BCUT2D eigenvalue weighted by Gasteiger charge is -2.32. The number of likely N-dealkylation sites (N-methyl/N-ethyl adjacent to an activating group) is 1. The molecule has 7 heteroatoms. The van der Waals surface area contributed by atoms with Gasteiger partial charge in [-0.2, -0.15) is 0 Å². The van der Waals surface area contributed by atoms with Gasteiger partial charge in [0.25, 0.3) is 0 Å². The number of piperazine rings is 1. The summed E-state index contributed by atoms with van der Waals surface area (Å²) in [7, 11) is 2.13. The standard InChI is InChI=1S/C27H43N5O2/c1-3-24(33)10-6-4-5-9-23(30-27(34)21-32-17-15-31(2)16-18-32)20-28-14-13-22-19-29-26-12-8-7-11-25(22)26/h7-8,11-12,19,23,28-29H,3-6,9-10,13-18,20-21H2,1-2H3,(H,30,34). The number of ketones is 1. The van der Waals surface area contributed by atoms with Crippen LogP contribution in [0.1, 0.15) is 51.0 Å². The van der Waals surface area contributed by atoms with Crippen LogP contribution in [0.3, 0.4) is 0 Å². The van der Waals surface area contributed by atoms with Crippen molar-refractivity contribution in [3.8, 4) is 0 Å². The number of aromatic amines is 1. The zero-order valence-corrected chi connectivity index (χ0v) is 21.1. The number of benzene rings is 1. The molecule has 188 valence electrons. The second kappa shape index (κ2) is 14.2. The van der Waals surface area contributed by atoms with E-state index in [1.54, 1.807) is 0 Å². The number of amides is 1. The molecule has 1 fully saturated rings. The molecule has 1 amide bonds. The summed E-state index contributed by atoms with van der Waals surface area (Å²) < 4.78 is 0. The van der Waals surface area contributed by atoms with Crippen LogP contribution < -0.4 is 10.6 Å². The minimum atomic E-state index is 0.116. The first-order valence-electron chi connectivity index (χ1n) is 13.0. The van der Waals surface area contributed by atoms with Gasteiger partial charge < -0.3 is 20.5 Å². The number of H-pyrrole nitrogens is 1. The number of aromatic nitrogens is 1. The molecule has 3 N–H and O–H groups in total. The first kappa shape index (κ1) is 26.4. The maximum Gasteiger partial charge on any atom is 0.234 e. The highest BCUT2D eigenvalue weighted by Gasteiger charge is 2.18. The van der Waals surface area contributed by atoms with Crippen LogP contribution in [-0.2, 0) is 16.0 Å². The van der Waals surface area contributed by atoms with Gasteiger partial charge in [0, 0.05) is 68.7 Å². The molecule has 1 aromatic heterocycles. The van der Waals surface area contributed by atoms with Crippen LogP contribution >= 0.6 is 0 Å². The molecule has 2 heterocycles. The molecule has 1 aliphatic rings. The molecular weight excluding hydrogens is 426 g/mol. The van der Waals surface area contributed by atoms with E-state index in [-0.39, 0.29) is 11.9 Å². The van der Waals surface area contributed by atoms with E-state index >= 15 is 0 Å². The third kappa shape index (κ3) is 8.85. The molecule has 34 heavy (non-hydrogen) atoms. The summed E-state index contributed by atoms with van der Waals surface area (Å²) >= 11 is 0. The molecule has 1 aromatic carbocycles. The van der Waals surface area contributed by atoms with Gasteiger partial charge in [0.05, 0.1) is 6.54 Å². The van der Waals surface area contributed by atoms with Crippen molar-refractivity contribution in [3.05, 3.63) is 36.0 Å². The number of rotatable bonds is 15. The number of carbonyl (C=O) groups is 2. The number of nitrogens with zero attached hydrogens (tertiary/aromatic N) is 2. The van der Waals surface area contributed by atoms with Crippen molar-refractivity contribution in [2.75, 3.05) is 52.9 Å². The number of hydrogen-bond donors (Lipinski definition) is 3. The number of hydrogen-bond acceptors (Lipinski definition) is 5. The molecule has 1 saturated heterocycles. The fourth-order valence-electron chi connectivity index (χ4n) is 4.61. The Morgan fingerprint density at radius 3 is 2.68 bits per heavy atom. The second-order valence-corrected chi connectivity index (χ2v) is 9.65. The van der Waals surface area contributed by atoms with Gasteiger partial charge in [-0.1, -0.05) is 38.0 Å². The average molecular weight is 470 g/mol. The quantitative estimate of drug-likeness (QED) is 0.350. The number of unbranched alkanes of at least 4 members (excludes halogenated alkanes) is 2. The highest BCUT2D eigenvalue weighted by atomic mass is 16.2. The van der Waals surface area contributed by atoms with E-state index in [9.17, 15) is 9.59 Å². The fourth-order valence-corrected chi connectivity index (χ4v) is 4.61. The van der Waals surface area contributed by atoms with Crippen LogP contribution in [0.4, 0.5) is 0 Å². The van der Waals surface area contributed by atoms with Crippen molar-refractivity contribution in [2.24, 2.45) is 0 Å². The predicted molar refractivity (Wildman–Crippen MR) is 139 cm³/mol. The Bertz CT molecular complexity index is 888. The minimum Gasteiger partial charge on any atom is -0.361 e. The summed E-state index contributed by atoms with van der Waals surface area (Å²) in [6, 6.07) is 8.50. The highest BCUT2D eigenvalue weighted by molar-refractivity contribution is 5.83. The first-order chi connectivity index (χ1) is 16.5. The van der Waals surface area contributed by atoms with Crippen LogP contribution in [0.25, 0.3) is 10.9 Å².